The van der Waals surface area contributed by atoms with Crippen LogP contribution in [0.1, 0.15) is 61.2 Å². The van der Waals surface area contributed by atoms with Crippen molar-refractivity contribution in [2.45, 2.75) is 52.5 Å². The van der Waals surface area contributed by atoms with Crippen LogP contribution in [0.3, 0.4) is 0 Å². The van der Waals surface area contributed by atoms with E-state index in [1.165, 1.54) is 0 Å². The average molecular weight is 470 g/mol. The zero-order chi connectivity index (χ0) is 22.9. The van der Waals surface area contributed by atoms with E-state index in [-0.39, 0.29) is 35.5 Å². The van der Waals surface area contributed by atoms with Gasteiger partial charge in [-0.25, -0.2) is 4.98 Å². The summed E-state index contributed by atoms with van der Waals surface area (Å²) in [6, 6.07) is 9.79. The maximum atomic E-state index is 12.4. The van der Waals surface area contributed by atoms with Gasteiger partial charge in [-0.3, -0.25) is 9.59 Å². The van der Waals surface area contributed by atoms with Gasteiger partial charge in [0, 0.05) is 24.1 Å². The molecule has 33 heavy (non-hydrogen) atoms. The van der Waals surface area contributed by atoms with Gasteiger partial charge in [0.05, 0.1) is 0 Å². The summed E-state index contributed by atoms with van der Waals surface area (Å²) in [4.78, 5) is 32.8. The van der Waals surface area contributed by atoms with E-state index in [1.54, 1.807) is 6.20 Å². The van der Waals surface area contributed by atoms with Crippen LogP contribution in [0.4, 0.5) is 5.82 Å². The van der Waals surface area contributed by atoms with Crippen molar-refractivity contribution < 1.29 is 14.1 Å². The number of pyridine rings is 1. The molecule has 2 N–H and O–H groups in total. The van der Waals surface area contributed by atoms with Crippen LogP contribution < -0.4 is 10.6 Å². The summed E-state index contributed by atoms with van der Waals surface area (Å²) < 4.78 is 5.10. The predicted molar refractivity (Wildman–Crippen MR) is 127 cm³/mol. The average Bonchev–Trinajstić information content (AvgIpc) is 3.48. The second kappa shape index (κ2) is 9.70. The molecule has 3 aromatic rings. The Kier molecular flexibility index (Phi) is 7.17. The molecule has 1 aromatic carbocycles. The summed E-state index contributed by atoms with van der Waals surface area (Å²) in [7, 11) is 0. The second-order valence-corrected chi connectivity index (χ2v) is 9.19. The van der Waals surface area contributed by atoms with Crippen LogP contribution in [0.25, 0.3) is 11.1 Å². The van der Waals surface area contributed by atoms with E-state index in [4.69, 9.17) is 4.52 Å². The first kappa shape index (κ1) is 24.4. The van der Waals surface area contributed by atoms with Gasteiger partial charge < -0.3 is 15.2 Å². The van der Waals surface area contributed by atoms with Gasteiger partial charge in [0.15, 0.2) is 5.82 Å². The van der Waals surface area contributed by atoms with E-state index < -0.39 is 5.91 Å². The molecule has 1 aliphatic rings. The zero-order valence-corrected chi connectivity index (χ0v) is 20.0. The highest BCUT2D eigenvalue weighted by atomic mass is 35.5. The largest absolute Gasteiger partial charge is 0.344 e. The van der Waals surface area contributed by atoms with Crippen molar-refractivity contribution in [3.63, 3.8) is 0 Å². The van der Waals surface area contributed by atoms with E-state index >= 15 is 0 Å². The molecule has 0 saturated heterocycles. The molecule has 0 radical (unpaired) electrons. The van der Waals surface area contributed by atoms with Crippen molar-refractivity contribution >= 4 is 30.0 Å². The molecule has 1 aliphatic carbocycles. The minimum Gasteiger partial charge on any atom is -0.344 e. The summed E-state index contributed by atoms with van der Waals surface area (Å²) in [5, 5.41) is 9.60. The fraction of sp³-hybridized carbons (Fsp3) is 0.375. The van der Waals surface area contributed by atoms with Crippen LogP contribution >= 0.6 is 12.4 Å². The van der Waals surface area contributed by atoms with Gasteiger partial charge in [-0.1, -0.05) is 44.1 Å². The number of benzene rings is 1. The van der Waals surface area contributed by atoms with E-state index in [0.717, 1.165) is 35.1 Å². The minimum absolute atomic E-state index is 0. The van der Waals surface area contributed by atoms with Crippen LogP contribution in [0.2, 0.25) is 0 Å². The summed E-state index contributed by atoms with van der Waals surface area (Å²) >= 11 is 0. The Hall–Kier alpha value is -3.26. The molecule has 9 heteroatoms. The molecule has 0 spiro atoms. The molecule has 0 aliphatic heterocycles. The molecule has 0 atom stereocenters. The van der Waals surface area contributed by atoms with Gasteiger partial charge in [0.1, 0.15) is 5.82 Å². The van der Waals surface area contributed by atoms with Crippen molar-refractivity contribution in [1.29, 1.82) is 0 Å². The number of aryl methyl sites for hydroxylation is 1. The maximum Gasteiger partial charge on any atom is 0.315 e. The van der Waals surface area contributed by atoms with Crippen molar-refractivity contribution in [3.05, 3.63) is 59.4 Å². The molecule has 0 unspecified atom stereocenters. The van der Waals surface area contributed by atoms with Crippen LogP contribution in [-0.4, -0.2) is 26.9 Å². The third-order valence-corrected chi connectivity index (χ3v) is 5.37. The lowest BCUT2D eigenvalue weighted by molar-refractivity contribution is -0.117. The summed E-state index contributed by atoms with van der Waals surface area (Å²) in [6.07, 6.45) is 3.59. The normalized spacial score (nSPS) is 13.2. The van der Waals surface area contributed by atoms with Crippen LogP contribution in [-0.2, 0) is 16.8 Å². The summed E-state index contributed by atoms with van der Waals surface area (Å²) in [5.74, 6) is 0.774. The Balaban J connectivity index is 0.00000306. The van der Waals surface area contributed by atoms with Gasteiger partial charge >= 0.3 is 11.8 Å². The first-order valence-corrected chi connectivity index (χ1v) is 10.7. The molecule has 0 bridgehead atoms. The predicted octanol–water partition coefficient (Wildman–Crippen LogP) is 4.44. The van der Waals surface area contributed by atoms with Gasteiger partial charge in [-0.05, 0) is 54.2 Å². The highest BCUT2D eigenvalue weighted by Crippen LogP contribution is 2.30. The van der Waals surface area contributed by atoms with Gasteiger partial charge in [-0.15, -0.1) is 12.4 Å². The highest BCUT2D eigenvalue weighted by Gasteiger charge is 2.29. The number of hydrogen-bond acceptors (Lipinski definition) is 6. The van der Waals surface area contributed by atoms with Crippen molar-refractivity contribution in [2.24, 2.45) is 5.92 Å². The van der Waals surface area contributed by atoms with Gasteiger partial charge in [-0.2, -0.15) is 4.98 Å². The van der Waals surface area contributed by atoms with Crippen LogP contribution in [0, 0.1) is 12.8 Å². The Labute approximate surface area is 199 Å². The first-order chi connectivity index (χ1) is 15.2. The highest BCUT2D eigenvalue weighted by molar-refractivity contribution is 5.93. The fourth-order valence-electron chi connectivity index (χ4n) is 3.20. The van der Waals surface area contributed by atoms with Crippen molar-refractivity contribution in [1.82, 2.24) is 20.4 Å². The van der Waals surface area contributed by atoms with Gasteiger partial charge in [0.2, 0.25) is 5.91 Å². The SMILES string of the molecule is Cc1cc(-c2ccnc(NC(=O)C3CC3)c2)ccc1CNC(=O)c1nc(C(C)(C)C)no1.Cl. The topological polar surface area (TPSA) is 110 Å². The maximum absolute atomic E-state index is 12.4. The smallest absolute Gasteiger partial charge is 0.315 e. The Morgan fingerprint density at radius 1 is 1.12 bits per heavy atom. The Morgan fingerprint density at radius 2 is 1.85 bits per heavy atom. The number of halogens is 1. The number of nitrogens with one attached hydrogen (secondary N) is 2. The summed E-state index contributed by atoms with van der Waals surface area (Å²) in [6.45, 7) is 8.20. The lowest BCUT2D eigenvalue weighted by Crippen LogP contribution is -2.24. The number of nitrogens with zero attached hydrogens (tertiary/aromatic N) is 3. The van der Waals surface area contributed by atoms with Crippen LogP contribution in [0.5, 0.6) is 0 Å². The minimum atomic E-state index is -0.401. The summed E-state index contributed by atoms with van der Waals surface area (Å²) in [5.41, 5.74) is 3.69. The first-order valence-electron chi connectivity index (χ1n) is 10.7. The molecule has 1 saturated carbocycles. The number of rotatable bonds is 6. The third kappa shape index (κ3) is 5.96. The number of amides is 2. The van der Waals surface area contributed by atoms with E-state index in [2.05, 4.69) is 25.8 Å². The molecule has 2 heterocycles. The molecule has 2 aromatic heterocycles. The number of aromatic nitrogens is 3. The quantitative estimate of drug-likeness (QED) is 0.552. The molecule has 4 rings (SSSR count). The van der Waals surface area contributed by atoms with E-state index in [9.17, 15) is 9.59 Å². The fourth-order valence-corrected chi connectivity index (χ4v) is 3.20. The standard InChI is InChI=1S/C24H27N5O3.ClH/c1-14-11-16(17-9-10-25-19(12-17)27-20(30)15-5-6-15)7-8-18(14)13-26-21(31)22-28-23(29-32-22)24(2,3)4;/h7-12,15H,5-6,13H2,1-4H3,(H,26,31)(H,25,27,30);1H. The second-order valence-electron chi connectivity index (χ2n) is 9.19. The lowest BCUT2D eigenvalue weighted by atomic mass is 9.96. The lowest BCUT2D eigenvalue weighted by Gasteiger charge is -2.11. The van der Waals surface area contributed by atoms with Crippen molar-refractivity contribution in [3.8, 4) is 11.1 Å². The third-order valence-electron chi connectivity index (χ3n) is 5.37. The molecule has 2 amide bonds. The van der Waals surface area contributed by atoms with E-state index in [1.807, 2.05) is 58.0 Å². The number of carbonyl (C=O) groups excluding carboxylic acids is 2. The monoisotopic (exact) mass is 469 g/mol. The van der Waals surface area contributed by atoms with Crippen LogP contribution in [0.15, 0.2) is 41.1 Å². The number of carbonyl (C=O) groups is 2. The van der Waals surface area contributed by atoms with Crippen molar-refractivity contribution in [2.75, 3.05) is 5.32 Å². The number of hydrogen-bond donors (Lipinski definition) is 2. The number of anilines is 1. The molecular formula is C24H28ClN5O3. The van der Waals surface area contributed by atoms with Gasteiger partial charge in [0.25, 0.3) is 0 Å². The molecular weight excluding hydrogens is 442 g/mol. The molecule has 174 valence electrons. The Morgan fingerprint density at radius 3 is 2.48 bits per heavy atom. The Bertz CT molecular complexity index is 1160. The zero-order valence-electron chi connectivity index (χ0n) is 19.1. The van der Waals surface area contributed by atoms with E-state index in [0.29, 0.717) is 18.2 Å². The molecule has 8 nitrogen and oxygen atoms in total. The molecule has 1 fully saturated rings.